The number of halogens is 1. The van der Waals surface area contributed by atoms with Crippen LogP contribution in [0.1, 0.15) is 22.5 Å². The lowest BCUT2D eigenvalue weighted by atomic mass is 10.2. The van der Waals surface area contributed by atoms with E-state index < -0.39 is 11.8 Å². The standard InChI is InChI=1S/C22H21BrN4O2/c1-14-6-4-9-20(10-14)27-15(2)11-17(16(27)3)13-24-26-22(29)21(28)25-19-8-5-7-18(23)12-19/h4-13H,1-3H3,(H,25,28)(H,26,29)/b24-13-. The fraction of sp³-hybridized carbons (Fsp3) is 0.136. The Morgan fingerprint density at radius 3 is 2.48 bits per heavy atom. The van der Waals surface area contributed by atoms with Gasteiger partial charge in [0.1, 0.15) is 0 Å². The van der Waals surface area contributed by atoms with E-state index in [9.17, 15) is 9.59 Å². The van der Waals surface area contributed by atoms with Crippen LogP contribution in [0.4, 0.5) is 5.69 Å². The summed E-state index contributed by atoms with van der Waals surface area (Å²) in [5, 5.41) is 6.46. The predicted molar refractivity (Wildman–Crippen MR) is 118 cm³/mol. The summed E-state index contributed by atoms with van der Waals surface area (Å²) >= 11 is 3.31. The van der Waals surface area contributed by atoms with Gasteiger partial charge in [0.25, 0.3) is 0 Å². The van der Waals surface area contributed by atoms with Crippen LogP contribution in [0.3, 0.4) is 0 Å². The molecule has 1 heterocycles. The van der Waals surface area contributed by atoms with Gasteiger partial charge in [0.05, 0.1) is 6.21 Å². The molecule has 0 saturated carbocycles. The summed E-state index contributed by atoms with van der Waals surface area (Å²) in [6.07, 6.45) is 1.54. The number of rotatable bonds is 4. The van der Waals surface area contributed by atoms with Crippen LogP contribution in [0.5, 0.6) is 0 Å². The zero-order valence-corrected chi connectivity index (χ0v) is 17.9. The van der Waals surface area contributed by atoms with Gasteiger partial charge in [0.2, 0.25) is 0 Å². The van der Waals surface area contributed by atoms with E-state index in [2.05, 4.69) is 55.4 Å². The van der Waals surface area contributed by atoms with Crippen LogP contribution in [0.2, 0.25) is 0 Å². The lowest BCUT2D eigenvalue weighted by molar-refractivity contribution is -0.136. The van der Waals surface area contributed by atoms with Crippen molar-refractivity contribution in [3.8, 4) is 5.69 Å². The van der Waals surface area contributed by atoms with E-state index in [1.807, 2.05) is 38.1 Å². The van der Waals surface area contributed by atoms with Crippen molar-refractivity contribution >= 4 is 39.6 Å². The van der Waals surface area contributed by atoms with Gasteiger partial charge in [-0.05, 0) is 62.7 Å². The average molecular weight is 453 g/mol. The number of carbonyl (C=O) groups excluding carboxylic acids is 2. The normalized spacial score (nSPS) is 10.9. The van der Waals surface area contributed by atoms with Crippen molar-refractivity contribution < 1.29 is 9.59 Å². The van der Waals surface area contributed by atoms with Crippen molar-refractivity contribution in [3.05, 3.63) is 81.6 Å². The van der Waals surface area contributed by atoms with Crippen LogP contribution in [0.25, 0.3) is 5.69 Å². The Morgan fingerprint density at radius 1 is 1.00 bits per heavy atom. The Labute approximate surface area is 177 Å². The molecule has 3 aromatic rings. The first-order chi connectivity index (χ1) is 13.8. The van der Waals surface area contributed by atoms with Crippen molar-refractivity contribution in [2.24, 2.45) is 5.10 Å². The molecule has 7 heteroatoms. The molecule has 6 nitrogen and oxygen atoms in total. The molecule has 2 N–H and O–H groups in total. The van der Waals surface area contributed by atoms with E-state index >= 15 is 0 Å². The summed E-state index contributed by atoms with van der Waals surface area (Å²) in [5.41, 5.74) is 7.93. The second-order valence-corrected chi connectivity index (χ2v) is 7.58. The second-order valence-electron chi connectivity index (χ2n) is 6.66. The van der Waals surface area contributed by atoms with Gasteiger partial charge in [-0.3, -0.25) is 9.59 Å². The minimum absolute atomic E-state index is 0.519. The van der Waals surface area contributed by atoms with Crippen LogP contribution in [0.15, 0.2) is 64.2 Å². The highest BCUT2D eigenvalue weighted by molar-refractivity contribution is 9.10. The lowest BCUT2D eigenvalue weighted by Crippen LogP contribution is -2.32. The number of aryl methyl sites for hydroxylation is 2. The van der Waals surface area contributed by atoms with Crippen molar-refractivity contribution in [1.82, 2.24) is 9.99 Å². The maximum atomic E-state index is 12.0. The molecule has 0 atom stereocenters. The topological polar surface area (TPSA) is 75.5 Å². The van der Waals surface area contributed by atoms with Crippen LogP contribution in [-0.2, 0) is 9.59 Å². The average Bonchev–Trinajstić information content (AvgIpc) is 2.95. The quantitative estimate of drug-likeness (QED) is 0.352. The number of anilines is 1. The molecule has 2 aromatic carbocycles. The molecule has 0 saturated heterocycles. The summed E-state index contributed by atoms with van der Waals surface area (Å²) in [6.45, 7) is 6.05. The van der Waals surface area contributed by atoms with E-state index in [4.69, 9.17) is 0 Å². The van der Waals surface area contributed by atoms with Crippen molar-refractivity contribution in [2.75, 3.05) is 5.32 Å². The van der Waals surface area contributed by atoms with Gasteiger partial charge in [-0.1, -0.05) is 34.1 Å². The third kappa shape index (κ3) is 5.00. The SMILES string of the molecule is Cc1cccc(-n2c(C)cc(/C=N\NC(=O)C(=O)Nc3cccc(Br)c3)c2C)c1. The van der Waals surface area contributed by atoms with Gasteiger partial charge in [-0.15, -0.1) is 0 Å². The van der Waals surface area contributed by atoms with Crippen LogP contribution in [0, 0.1) is 20.8 Å². The predicted octanol–water partition coefficient (Wildman–Crippen LogP) is 4.25. The maximum absolute atomic E-state index is 12.0. The number of carbonyl (C=O) groups is 2. The third-order valence-electron chi connectivity index (χ3n) is 4.39. The Bertz CT molecular complexity index is 1100. The van der Waals surface area contributed by atoms with Crippen LogP contribution >= 0.6 is 15.9 Å². The van der Waals surface area contributed by atoms with Crippen LogP contribution in [-0.4, -0.2) is 22.6 Å². The van der Waals surface area contributed by atoms with Gasteiger partial charge in [-0.2, -0.15) is 5.10 Å². The first kappa shape index (κ1) is 20.5. The Hall–Kier alpha value is -3.19. The molecule has 1 aromatic heterocycles. The summed E-state index contributed by atoms with van der Waals surface area (Å²) in [4.78, 5) is 24.0. The molecule has 0 fully saturated rings. The van der Waals surface area contributed by atoms with E-state index in [0.717, 1.165) is 27.1 Å². The number of nitrogens with zero attached hydrogens (tertiary/aromatic N) is 2. The molecule has 148 valence electrons. The Balaban J connectivity index is 1.68. The molecular formula is C22H21BrN4O2. The minimum atomic E-state index is -0.839. The number of aromatic nitrogens is 1. The molecule has 0 unspecified atom stereocenters. The van der Waals surface area contributed by atoms with Crippen molar-refractivity contribution in [3.63, 3.8) is 0 Å². The van der Waals surface area contributed by atoms with E-state index in [1.165, 1.54) is 5.56 Å². The highest BCUT2D eigenvalue weighted by atomic mass is 79.9. The maximum Gasteiger partial charge on any atom is 0.329 e. The number of benzene rings is 2. The molecule has 2 amide bonds. The van der Waals surface area contributed by atoms with E-state index in [0.29, 0.717) is 5.69 Å². The summed E-state index contributed by atoms with van der Waals surface area (Å²) < 4.78 is 2.92. The smallest absolute Gasteiger partial charge is 0.318 e. The molecule has 0 aliphatic heterocycles. The number of amides is 2. The third-order valence-corrected chi connectivity index (χ3v) is 4.88. The molecule has 29 heavy (non-hydrogen) atoms. The second kappa shape index (κ2) is 8.87. The summed E-state index contributed by atoms with van der Waals surface area (Å²) in [5.74, 6) is -1.63. The number of hydrogen-bond donors (Lipinski definition) is 2. The fourth-order valence-corrected chi connectivity index (χ4v) is 3.45. The van der Waals surface area contributed by atoms with Crippen molar-refractivity contribution in [2.45, 2.75) is 20.8 Å². The lowest BCUT2D eigenvalue weighted by Gasteiger charge is -2.10. The highest BCUT2D eigenvalue weighted by Gasteiger charge is 2.13. The molecule has 0 aliphatic carbocycles. The van der Waals surface area contributed by atoms with Crippen molar-refractivity contribution in [1.29, 1.82) is 0 Å². The molecule has 0 bridgehead atoms. The summed E-state index contributed by atoms with van der Waals surface area (Å²) in [7, 11) is 0. The molecule has 0 spiro atoms. The summed E-state index contributed by atoms with van der Waals surface area (Å²) in [6, 6.07) is 17.2. The van der Waals surface area contributed by atoms with Gasteiger partial charge in [0, 0.05) is 32.8 Å². The molecule has 0 aliphatic rings. The van der Waals surface area contributed by atoms with Gasteiger partial charge in [0.15, 0.2) is 0 Å². The number of hydrazone groups is 1. The van der Waals surface area contributed by atoms with Gasteiger partial charge >= 0.3 is 11.8 Å². The Morgan fingerprint density at radius 2 is 1.76 bits per heavy atom. The first-order valence-electron chi connectivity index (χ1n) is 9.01. The Kier molecular flexibility index (Phi) is 6.29. The molecule has 3 rings (SSSR count). The highest BCUT2D eigenvalue weighted by Crippen LogP contribution is 2.20. The number of nitrogens with one attached hydrogen (secondary N) is 2. The molecular weight excluding hydrogens is 432 g/mol. The zero-order chi connectivity index (χ0) is 21.0. The molecule has 0 radical (unpaired) electrons. The fourth-order valence-electron chi connectivity index (χ4n) is 3.05. The monoisotopic (exact) mass is 452 g/mol. The minimum Gasteiger partial charge on any atom is -0.318 e. The van der Waals surface area contributed by atoms with E-state index in [1.54, 1.807) is 24.4 Å². The van der Waals surface area contributed by atoms with Crippen LogP contribution < -0.4 is 10.7 Å². The van der Waals surface area contributed by atoms with Gasteiger partial charge in [-0.25, -0.2) is 5.43 Å². The first-order valence-corrected chi connectivity index (χ1v) is 9.80. The van der Waals surface area contributed by atoms with E-state index in [-0.39, 0.29) is 0 Å². The number of hydrogen-bond acceptors (Lipinski definition) is 3. The largest absolute Gasteiger partial charge is 0.329 e. The zero-order valence-electron chi connectivity index (χ0n) is 16.4. The van der Waals surface area contributed by atoms with Gasteiger partial charge < -0.3 is 9.88 Å².